The lowest BCUT2D eigenvalue weighted by Gasteiger charge is -1.87. The van der Waals surface area contributed by atoms with Crippen molar-refractivity contribution in [3.8, 4) is 0 Å². The van der Waals surface area contributed by atoms with Gasteiger partial charge in [0.1, 0.15) is 0 Å². The van der Waals surface area contributed by atoms with Crippen molar-refractivity contribution in [2.75, 3.05) is 0 Å². The molecule has 0 aliphatic rings. The quantitative estimate of drug-likeness (QED) is 0.543. The molecule has 1 aromatic heterocycles. The molecule has 0 saturated carbocycles. The number of carbonyl (C=O) groups excluding carboxylic acids is 2. The number of hydrogen-bond donors (Lipinski definition) is 0. The minimum atomic E-state index is -0.361. The molecular weight excluding hydrogens is 306 g/mol. The Kier molecular flexibility index (Phi) is 5.89. The van der Waals surface area contributed by atoms with Crippen LogP contribution in [-0.4, -0.2) is 20.9 Å². The van der Waals surface area contributed by atoms with E-state index in [0.717, 1.165) is 3.57 Å². The van der Waals surface area contributed by atoms with Crippen molar-refractivity contribution in [3.05, 3.63) is 16.0 Å². The Morgan fingerprint density at radius 3 is 2.15 bits per heavy atom. The lowest BCUT2D eigenvalue weighted by Crippen LogP contribution is -2.04. The summed E-state index contributed by atoms with van der Waals surface area (Å²) in [5.74, 6) is -0.0575. The molecular formula is C7H8ClIN2O2. The van der Waals surface area contributed by atoms with Gasteiger partial charge < -0.3 is 0 Å². The van der Waals surface area contributed by atoms with E-state index < -0.39 is 0 Å². The molecule has 0 unspecified atom stereocenters. The van der Waals surface area contributed by atoms with Crippen LogP contribution < -0.4 is 0 Å². The SMILES string of the molecule is CC(=O)Cl.CC(=O)n1cc(I)cn1. The first-order valence-corrected chi connectivity index (χ1v) is 4.76. The highest BCUT2D eigenvalue weighted by molar-refractivity contribution is 14.1. The van der Waals surface area contributed by atoms with Gasteiger partial charge in [-0.25, -0.2) is 4.68 Å². The molecule has 0 radical (unpaired) electrons. The van der Waals surface area contributed by atoms with E-state index in [1.54, 1.807) is 12.4 Å². The zero-order valence-corrected chi connectivity index (χ0v) is 10.0. The van der Waals surface area contributed by atoms with E-state index in [1.807, 2.05) is 0 Å². The molecule has 1 rings (SSSR count). The van der Waals surface area contributed by atoms with Crippen LogP contribution >= 0.6 is 34.2 Å². The van der Waals surface area contributed by atoms with Crippen LogP contribution in [0.3, 0.4) is 0 Å². The Morgan fingerprint density at radius 1 is 1.54 bits per heavy atom. The topological polar surface area (TPSA) is 52.0 Å². The zero-order valence-electron chi connectivity index (χ0n) is 7.12. The second-order valence-electron chi connectivity index (χ2n) is 2.09. The Morgan fingerprint density at radius 2 is 2.00 bits per heavy atom. The normalized spacial score (nSPS) is 8.62. The number of rotatable bonds is 0. The highest BCUT2D eigenvalue weighted by atomic mass is 127. The maximum absolute atomic E-state index is 10.6. The van der Waals surface area contributed by atoms with E-state index >= 15 is 0 Å². The molecule has 4 nitrogen and oxygen atoms in total. The molecule has 0 spiro atoms. The van der Waals surface area contributed by atoms with Crippen molar-refractivity contribution in [1.29, 1.82) is 0 Å². The lowest BCUT2D eigenvalue weighted by molar-refractivity contribution is -0.109. The summed E-state index contributed by atoms with van der Waals surface area (Å²) in [6.07, 6.45) is 3.32. The Balaban J connectivity index is 0.000000310. The summed E-state index contributed by atoms with van der Waals surface area (Å²) in [4.78, 5) is 19.8. The van der Waals surface area contributed by atoms with Crippen LogP contribution in [-0.2, 0) is 4.79 Å². The zero-order chi connectivity index (χ0) is 10.4. The van der Waals surface area contributed by atoms with Crippen LogP contribution in [0.2, 0.25) is 0 Å². The third-order valence-electron chi connectivity index (χ3n) is 0.874. The van der Waals surface area contributed by atoms with Crippen LogP contribution in [0.5, 0.6) is 0 Å². The van der Waals surface area contributed by atoms with Gasteiger partial charge in [-0.15, -0.1) is 0 Å². The van der Waals surface area contributed by atoms with Gasteiger partial charge in [-0.1, -0.05) is 0 Å². The maximum Gasteiger partial charge on any atom is 0.243 e. The molecule has 0 aromatic carbocycles. The van der Waals surface area contributed by atoms with Crippen LogP contribution in [0, 0.1) is 3.57 Å². The van der Waals surface area contributed by atoms with Gasteiger partial charge in [0, 0.05) is 20.0 Å². The highest BCUT2D eigenvalue weighted by Crippen LogP contribution is 1.99. The van der Waals surface area contributed by atoms with E-state index in [1.165, 1.54) is 18.5 Å². The first-order chi connectivity index (χ1) is 5.93. The second-order valence-corrected chi connectivity index (χ2v) is 3.87. The van der Waals surface area contributed by atoms with Crippen molar-refractivity contribution in [3.63, 3.8) is 0 Å². The van der Waals surface area contributed by atoms with E-state index in [9.17, 15) is 9.59 Å². The molecule has 1 aromatic rings. The maximum atomic E-state index is 10.6. The van der Waals surface area contributed by atoms with Gasteiger partial charge in [0.05, 0.1) is 9.77 Å². The molecule has 1 heterocycles. The van der Waals surface area contributed by atoms with Gasteiger partial charge in [-0.3, -0.25) is 9.59 Å². The number of nitrogens with zero attached hydrogens (tertiary/aromatic N) is 2. The summed E-state index contributed by atoms with van der Waals surface area (Å²) < 4.78 is 2.28. The third-order valence-corrected chi connectivity index (χ3v) is 1.43. The van der Waals surface area contributed by atoms with Crippen LogP contribution in [0.25, 0.3) is 0 Å². The Hall–Kier alpha value is -0.430. The molecule has 6 heteroatoms. The fraction of sp³-hybridized carbons (Fsp3) is 0.286. The van der Waals surface area contributed by atoms with E-state index in [2.05, 4.69) is 39.3 Å². The summed E-state index contributed by atoms with van der Waals surface area (Å²) in [5.41, 5.74) is 0. The fourth-order valence-corrected chi connectivity index (χ4v) is 0.861. The molecule has 13 heavy (non-hydrogen) atoms. The van der Waals surface area contributed by atoms with Gasteiger partial charge in [-0.2, -0.15) is 5.10 Å². The van der Waals surface area contributed by atoms with Crippen molar-refractivity contribution >= 4 is 45.3 Å². The lowest BCUT2D eigenvalue weighted by atomic mass is 10.7. The average Bonchev–Trinajstić information content (AvgIpc) is 2.34. The van der Waals surface area contributed by atoms with Crippen molar-refractivity contribution in [2.45, 2.75) is 13.8 Å². The largest absolute Gasteiger partial charge is 0.282 e. The van der Waals surface area contributed by atoms with Crippen LogP contribution in [0.15, 0.2) is 12.4 Å². The molecule has 0 aliphatic carbocycles. The number of aromatic nitrogens is 2. The summed E-state index contributed by atoms with van der Waals surface area (Å²) >= 11 is 6.73. The summed E-state index contributed by atoms with van der Waals surface area (Å²) in [6, 6.07) is 0. The van der Waals surface area contributed by atoms with E-state index in [0.29, 0.717) is 0 Å². The van der Waals surface area contributed by atoms with Crippen LogP contribution in [0.1, 0.15) is 18.6 Å². The standard InChI is InChI=1S/C5H5IN2O.C2H3ClO/c1-4(9)8-3-5(6)2-7-8;1-2(3)4/h2-3H,1H3;1H3. The predicted octanol–water partition coefficient (Wildman–Crippen LogP) is 1.92. The minimum absolute atomic E-state index is 0.0575. The van der Waals surface area contributed by atoms with Crippen molar-refractivity contribution in [2.24, 2.45) is 0 Å². The van der Waals surface area contributed by atoms with Gasteiger partial charge in [0.2, 0.25) is 11.1 Å². The number of hydrogen-bond acceptors (Lipinski definition) is 3. The fourth-order valence-electron chi connectivity index (χ4n) is 0.473. The monoisotopic (exact) mass is 314 g/mol. The summed E-state index contributed by atoms with van der Waals surface area (Å²) in [7, 11) is 0. The molecule has 0 amide bonds. The Bertz CT molecular complexity index is 307. The highest BCUT2D eigenvalue weighted by Gasteiger charge is 1.96. The van der Waals surface area contributed by atoms with E-state index in [-0.39, 0.29) is 11.1 Å². The molecule has 0 bridgehead atoms. The molecule has 0 saturated heterocycles. The number of halogens is 2. The number of carbonyl (C=O) groups is 2. The van der Waals surface area contributed by atoms with E-state index in [4.69, 9.17) is 0 Å². The minimum Gasteiger partial charge on any atom is -0.282 e. The van der Waals surface area contributed by atoms with Crippen molar-refractivity contribution < 1.29 is 9.59 Å². The van der Waals surface area contributed by atoms with Gasteiger partial charge in [-0.05, 0) is 34.2 Å². The average molecular weight is 315 g/mol. The second kappa shape index (κ2) is 6.09. The molecule has 0 aliphatic heterocycles. The first kappa shape index (κ1) is 12.6. The third kappa shape index (κ3) is 6.71. The summed E-state index contributed by atoms with van der Waals surface area (Å²) in [5, 5.41) is 3.41. The first-order valence-electron chi connectivity index (χ1n) is 3.30. The van der Waals surface area contributed by atoms with Gasteiger partial charge in [0.25, 0.3) is 0 Å². The Labute approximate surface area is 94.4 Å². The molecule has 0 fully saturated rings. The van der Waals surface area contributed by atoms with Crippen LogP contribution in [0.4, 0.5) is 0 Å². The smallest absolute Gasteiger partial charge is 0.243 e. The summed E-state index contributed by atoms with van der Waals surface area (Å²) in [6.45, 7) is 2.77. The molecule has 0 atom stereocenters. The molecule has 72 valence electrons. The van der Waals surface area contributed by atoms with Gasteiger partial charge >= 0.3 is 0 Å². The van der Waals surface area contributed by atoms with Gasteiger partial charge in [0.15, 0.2) is 0 Å². The van der Waals surface area contributed by atoms with Crippen molar-refractivity contribution in [1.82, 2.24) is 9.78 Å². The predicted molar refractivity (Wildman–Crippen MR) is 57.8 cm³/mol. The molecule has 0 N–H and O–H groups in total.